The summed E-state index contributed by atoms with van der Waals surface area (Å²) in [4.78, 5) is 22.0. The Kier molecular flexibility index (Phi) is 3.26. The standard InChI is InChI=1S/C8H5NO3.K/c10-5-3-1-2-4-6(5)8(12)9-7(4)11;/h1-3,10H,(H,9,11,12);. The summed E-state index contributed by atoms with van der Waals surface area (Å²) in [5.74, 6) is -1.14. The number of amides is 2. The molecule has 0 aliphatic carbocycles. The van der Waals surface area contributed by atoms with E-state index in [4.69, 9.17) is 0 Å². The molecule has 2 rings (SSSR count). The Hall–Kier alpha value is -0.204. The van der Waals surface area contributed by atoms with Crippen molar-refractivity contribution in [2.45, 2.75) is 0 Å². The second-order valence-corrected chi connectivity index (χ2v) is 2.48. The minimum absolute atomic E-state index is 0. The van der Waals surface area contributed by atoms with E-state index in [1.54, 1.807) is 0 Å². The normalized spacial score (nSPS) is 13.2. The molecular weight excluding hydrogens is 197 g/mol. The van der Waals surface area contributed by atoms with Gasteiger partial charge in [-0.2, -0.15) is 0 Å². The van der Waals surface area contributed by atoms with Gasteiger partial charge in [0.05, 0.1) is 11.1 Å². The first kappa shape index (κ1) is 10.9. The number of carbonyl (C=O) groups is 2. The molecule has 1 aromatic rings. The zero-order valence-electron chi connectivity index (χ0n) is 7.00. The van der Waals surface area contributed by atoms with E-state index >= 15 is 0 Å². The fraction of sp³-hybridized carbons (Fsp3) is 0. The van der Waals surface area contributed by atoms with E-state index in [2.05, 4.69) is 5.32 Å². The maximum Gasteiger partial charge on any atom is 0.262 e. The molecule has 1 aliphatic rings. The van der Waals surface area contributed by atoms with Crippen LogP contribution in [0.1, 0.15) is 20.7 Å². The number of imide groups is 1. The molecule has 1 radical (unpaired) electrons. The van der Waals surface area contributed by atoms with E-state index < -0.39 is 11.8 Å². The minimum atomic E-state index is -0.534. The van der Waals surface area contributed by atoms with E-state index in [1.165, 1.54) is 18.2 Å². The van der Waals surface area contributed by atoms with Crippen LogP contribution in [0.5, 0.6) is 5.75 Å². The Morgan fingerprint density at radius 1 is 1.15 bits per heavy atom. The van der Waals surface area contributed by atoms with E-state index in [0.29, 0.717) is 0 Å². The Balaban J connectivity index is 0.000000845. The van der Waals surface area contributed by atoms with Crippen molar-refractivity contribution in [2.75, 3.05) is 0 Å². The SMILES string of the molecule is O=C1NC(=O)c2c(O)cccc21.[K]. The average molecular weight is 202 g/mol. The number of phenolic OH excluding ortho intramolecular Hbond substituents is 1. The van der Waals surface area contributed by atoms with Crippen LogP contribution in [-0.4, -0.2) is 68.3 Å². The molecule has 13 heavy (non-hydrogen) atoms. The van der Waals surface area contributed by atoms with Crippen LogP contribution in [0, 0.1) is 0 Å². The number of aromatic hydroxyl groups is 1. The molecule has 5 heteroatoms. The number of carbonyl (C=O) groups excluding carboxylic acids is 2. The summed E-state index contributed by atoms with van der Waals surface area (Å²) >= 11 is 0. The predicted octanol–water partition coefficient (Wildman–Crippen LogP) is -0.105. The largest absolute Gasteiger partial charge is 0.507 e. The molecule has 2 N–H and O–H groups in total. The first-order valence-corrected chi connectivity index (χ1v) is 3.38. The first-order valence-electron chi connectivity index (χ1n) is 3.38. The zero-order chi connectivity index (χ0) is 8.72. The molecule has 0 saturated carbocycles. The van der Waals surface area contributed by atoms with Gasteiger partial charge in [0.1, 0.15) is 5.75 Å². The quantitative estimate of drug-likeness (QED) is 0.456. The molecule has 4 nitrogen and oxygen atoms in total. The Morgan fingerprint density at radius 3 is 2.46 bits per heavy atom. The van der Waals surface area contributed by atoms with Crippen molar-refractivity contribution in [1.29, 1.82) is 0 Å². The fourth-order valence-corrected chi connectivity index (χ4v) is 1.20. The van der Waals surface area contributed by atoms with Gasteiger partial charge >= 0.3 is 0 Å². The van der Waals surface area contributed by atoms with Crippen molar-refractivity contribution in [3.8, 4) is 5.75 Å². The van der Waals surface area contributed by atoms with Gasteiger partial charge in [-0.15, -0.1) is 0 Å². The van der Waals surface area contributed by atoms with Gasteiger partial charge in [0, 0.05) is 51.4 Å². The summed E-state index contributed by atoms with van der Waals surface area (Å²) in [6, 6.07) is 4.39. The van der Waals surface area contributed by atoms with Crippen LogP contribution < -0.4 is 5.32 Å². The number of nitrogens with one attached hydrogen (secondary N) is 1. The van der Waals surface area contributed by atoms with Crippen molar-refractivity contribution >= 4 is 63.2 Å². The van der Waals surface area contributed by atoms with Crippen LogP contribution in [0.15, 0.2) is 18.2 Å². The minimum Gasteiger partial charge on any atom is -0.507 e. The molecule has 0 fully saturated rings. The van der Waals surface area contributed by atoms with Crippen LogP contribution in [0.3, 0.4) is 0 Å². The third-order valence-corrected chi connectivity index (χ3v) is 1.74. The van der Waals surface area contributed by atoms with Crippen molar-refractivity contribution in [3.63, 3.8) is 0 Å². The van der Waals surface area contributed by atoms with Gasteiger partial charge in [-0.25, -0.2) is 0 Å². The van der Waals surface area contributed by atoms with E-state index in [-0.39, 0.29) is 68.3 Å². The summed E-state index contributed by atoms with van der Waals surface area (Å²) in [7, 11) is 0. The van der Waals surface area contributed by atoms with Crippen LogP contribution in [0.25, 0.3) is 0 Å². The fourth-order valence-electron chi connectivity index (χ4n) is 1.20. The molecule has 0 atom stereocenters. The third kappa shape index (κ3) is 1.70. The third-order valence-electron chi connectivity index (χ3n) is 1.74. The maximum atomic E-state index is 11.0. The number of hydrogen-bond acceptors (Lipinski definition) is 3. The number of fused-ring (bicyclic) bond motifs is 1. The number of hydrogen-bond donors (Lipinski definition) is 2. The van der Waals surface area contributed by atoms with Crippen molar-refractivity contribution < 1.29 is 14.7 Å². The molecule has 0 aromatic heterocycles. The molecule has 2 amide bonds. The Morgan fingerprint density at radius 2 is 1.85 bits per heavy atom. The Bertz CT molecular complexity index is 389. The van der Waals surface area contributed by atoms with E-state index in [1.807, 2.05) is 0 Å². The number of benzene rings is 1. The van der Waals surface area contributed by atoms with Gasteiger partial charge in [-0.3, -0.25) is 14.9 Å². The molecule has 0 saturated heterocycles. The summed E-state index contributed by atoms with van der Waals surface area (Å²) in [6.45, 7) is 0. The van der Waals surface area contributed by atoms with Gasteiger partial charge < -0.3 is 5.11 Å². The second kappa shape index (κ2) is 3.89. The van der Waals surface area contributed by atoms with Crippen LogP contribution in [0.4, 0.5) is 0 Å². The molecular formula is C8H5KNO3. The number of phenols is 1. The van der Waals surface area contributed by atoms with Gasteiger partial charge in [0.25, 0.3) is 11.8 Å². The van der Waals surface area contributed by atoms with Crippen molar-refractivity contribution in [3.05, 3.63) is 29.3 Å². The average Bonchev–Trinajstić information content (AvgIpc) is 2.29. The van der Waals surface area contributed by atoms with Crippen LogP contribution in [-0.2, 0) is 0 Å². The van der Waals surface area contributed by atoms with Crippen molar-refractivity contribution in [2.24, 2.45) is 0 Å². The maximum absolute atomic E-state index is 11.0. The monoisotopic (exact) mass is 202 g/mol. The Labute approximate surface area is 117 Å². The van der Waals surface area contributed by atoms with Gasteiger partial charge in [-0.05, 0) is 12.1 Å². The topological polar surface area (TPSA) is 66.4 Å². The molecule has 0 unspecified atom stereocenters. The first-order chi connectivity index (χ1) is 5.70. The summed E-state index contributed by atoms with van der Waals surface area (Å²) in [6.07, 6.45) is 0. The van der Waals surface area contributed by atoms with Gasteiger partial charge in [0.2, 0.25) is 0 Å². The molecule has 0 spiro atoms. The predicted molar refractivity (Wildman–Crippen MR) is 45.7 cm³/mol. The second-order valence-electron chi connectivity index (χ2n) is 2.48. The molecule has 0 bridgehead atoms. The zero-order valence-corrected chi connectivity index (χ0v) is 10.1. The molecule has 1 aliphatic heterocycles. The van der Waals surface area contributed by atoms with Crippen LogP contribution >= 0.6 is 0 Å². The van der Waals surface area contributed by atoms with Gasteiger partial charge in [-0.1, -0.05) is 6.07 Å². The summed E-state index contributed by atoms with van der Waals surface area (Å²) in [5, 5.41) is 11.3. The summed E-state index contributed by atoms with van der Waals surface area (Å²) in [5.41, 5.74) is 0.308. The number of rotatable bonds is 0. The smallest absolute Gasteiger partial charge is 0.262 e. The molecule has 1 aromatic carbocycles. The molecule has 1 heterocycles. The van der Waals surface area contributed by atoms with Crippen molar-refractivity contribution in [1.82, 2.24) is 5.32 Å². The van der Waals surface area contributed by atoms with Crippen LogP contribution in [0.2, 0.25) is 0 Å². The van der Waals surface area contributed by atoms with Gasteiger partial charge in [0.15, 0.2) is 0 Å². The van der Waals surface area contributed by atoms with E-state index in [9.17, 15) is 14.7 Å². The summed E-state index contributed by atoms with van der Waals surface area (Å²) < 4.78 is 0. The molecule has 61 valence electrons. The van der Waals surface area contributed by atoms with E-state index in [0.717, 1.165) is 0 Å².